The van der Waals surface area contributed by atoms with E-state index in [1.54, 1.807) is 0 Å². The Morgan fingerprint density at radius 1 is 1.21 bits per heavy atom. The lowest BCUT2D eigenvalue weighted by Gasteiger charge is -2.44. The molecular formula is C23H32ClN3O. The Hall–Kier alpha value is -1.52. The van der Waals surface area contributed by atoms with Crippen molar-refractivity contribution >= 4 is 28.4 Å². The second-order valence-electron chi connectivity index (χ2n) is 9.44. The first-order valence-corrected chi connectivity index (χ1v) is 11.0. The van der Waals surface area contributed by atoms with Crippen LogP contribution in [0.3, 0.4) is 0 Å². The molecule has 0 aliphatic carbocycles. The van der Waals surface area contributed by atoms with Crippen LogP contribution >= 0.6 is 11.6 Å². The summed E-state index contributed by atoms with van der Waals surface area (Å²) >= 11 is 6.25. The standard InChI is InChI=1S/C23H32ClN3O/c1-14(2)9-21-22-18(19-10-17(24)5-6-20(19)25-22)7-8-27(21)23(28)16-12-26(13-16)11-15(3)4/h5-6,10,14-16,21,25H,7-9,11-13H2,1-4H3. The topological polar surface area (TPSA) is 39.3 Å². The molecule has 0 radical (unpaired) electrons. The van der Waals surface area contributed by atoms with E-state index in [2.05, 4.69) is 54.6 Å². The van der Waals surface area contributed by atoms with Crippen molar-refractivity contribution in [3.63, 3.8) is 0 Å². The molecule has 3 heterocycles. The third-order valence-corrected chi connectivity index (χ3v) is 6.36. The fraction of sp³-hybridized carbons (Fsp3) is 0.609. The lowest BCUT2D eigenvalue weighted by Crippen LogP contribution is -2.56. The summed E-state index contributed by atoms with van der Waals surface area (Å²) in [5, 5.41) is 1.99. The molecular weight excluding hydrogens is 370 g/mol. The van der Waals surface area contributed by atoms with Crippen LogP contribution in [0.4, 0.5) is 0 Å². The Morgan fingerprint density at radius 2 is 1.96 bits per heavy atom. The van der Waals surface area contributed by atoms with Gasteiger partial charge in [0.2, 0.25) is 5.91 Å². The van der Waals surface area contributed by atoms with E-state index in [0.717, 1.165) is 49.6 Å². The monoisotopic (exact) mass is 401 g/mol. The van der Waals surface area contributed by atoms with E-state index in [1.807, 2.05) is 6.07 Å². The summed E-state index contributed by atoms with van der Waals surface area (Å²) in [5.74, 6) is 1.68. The zero-order valence-electron chi connectivity index (χ0n) is 17.5. The first kappa shape index (κ1) is 19.8. The minimum Gasteiger partial charge on any atom is -0.356 e. The van der Waals surface area contributed by atoms with E-state index in [4.69, 9.17) is 11.6 Å². The predicted molar refractivity (Wildman–Crippen MR) is 116 cm³/mol. The Morgan fingerprint density at radius 3 is 2.64 bits per heavy atom. The molecule has 0 saturated carbocycles. The van der Waals surface area contributed by atoms with E-state index in [9.17, 15) is 4.79 Å². The van der Waals surface area contributed by atoms with Crippen molar-refractivity contribution in [1.29, 1.82) is 0 Å². The maximum atomic E-state index is 13.3. The van der Waals surface area contributed by atoms with Crippen LogP contribution in [-0.2, 0) is 11.2 Å². The Balaban J connectivity index is 1.59. The van der Waals surface area contributed by atoms with Crippen molar-refractivity contribution in [1.82, 2.24) is 14.8 Å². The largest absolute Gasteiger partial charge is 0.356 e. The summed E-state index contributed by atoms with van der Waals surface area (Å²) in [7, 11) is 0. The smallest absolute Gasteiger partial charge is 0.228 e. The molecule has 2 aromatic rings. The molecule has 1 fully saturated rings. The van der Waals surface area contributed by atoms with E-state index < -0.39 is 0 Å². The van der Waals surface area contributed by atoms with Crippen LogP contribution < -0.4 is 0 Å². The van der Waals surface area contributed by atoms with Gasteiger partial charge in [0.25, 0.3) is 0 Å². The molecule has 1 unspecified atom stereocenters. The molecule has 4 nitrogen and oxygen atoms in total. The predicted octanol–water partition coefficient (Wildman–Crippen LogP) is 4.88. The average molecular weight is 402 g/mol. The number of nitrogens with zero attached hydrogens (tertiary/aromatic N) is 2. The van der Waals surface area contributed by atoms with E-state index >= 15 is 0 Å². The fourth-order valence-electron chi connectivity index (χ4n) is 4.92. The maximum absolute atomic E-state index is 13.3. The number of halogens is 1. The average Bonchev–Trinajstić information content (AvgIpc) is 2.95. The number of hydrogen-bond donors (Lipinski definition) is 1. The van der Waals surface area contributed by atoms with Gasteiger partial charge in [0.05, 0.1) is 12.0 Å². The lowest BCUT2D eigenvalue weighted by molar-refractivity contribution is -0.144. The van der Waals surface area contributed by atoms with Gasteiger partial charge in [-0.2, -0.15) is 0 Å². The van der Waals surface area contributed by atoms with Crippen molar-refractivity contribution in [2.24, 2.45) is 17.8 Å². The van der Waals surface area contributed by atoms with Gasteiger partial charge in [0.1, 0.15) is 0 Å². The first-order chi connectivity index (χ1) is 13.3. The number of rotatable bonds is 5. The second kappa shape index (κ2) is 7.72. The quantitative estimate of drug-likeness (QED) is 0.775. The van der Waals surface area contributed by atoms with Crippen LogP contribution in [-0.4, -0.2) is 46.9 Å². The molecule has 28 heavy (non-hydrogen) atoms. The van der Waals surface area contributed by atoms with Gasteiger partial charge < -0.3 is 14.8 Å². The molecule has 1 N–H and O–H groups in total. The second-order valence-corrected chi connectivity index (χ2v) is 9.88. The minimum atomic E-state index is 0.140. The van der Waals surface area contributed by atoms with Gasteiger partial charge in [-0.3, -0.25) is 4.79 Å². The number of fused-ring (bicyclic) bond motifs is 3. The van der Waals surface area contributed by atoms with Gasteiger partial charge in [-0.25, -0.2) is 0 Å². The van der Waals surface area contributed by atoms with Crippen molar-refractivity contribution in [3.8, 4) is 0 Å². The molecule has 2 aliphatic heterocycles. The zero-order chi connectivity index (χ0) is 20.0. The van der Waals surface area contributed by atoms with Crippen LogP contribution in [0.5, 0.6) is 0 Å². The summed E-state index contributed by atoms with van der Waals surface area (Å²) in [4.78, 5) is 21.5. The number of H-pyrrole nitrogens is 1. The molecule has 1 aromatic carbocycles. The van der Waals surface area contributed by atoms with Crippen molar-refractivity contribution in [2.75, 3.05) is 26.2 Å². The molecule has 1 aromatic heterocycles. The highest BCUT2D eigenvalue weighted by molar-refractivity contribution is 6.31. The van der Waals surface area contributed by atoms with Crippen LogP contribution in [0.15, 0.2) is 18.2 Å². The number of nitrogens with one attached hydrogen (secondary N) is 1. The number of aromatic nitrogens is 1. The number of hydrogen-bond acceptors (Lipinski definition) is 2. The highest BCUT2D eigenvalue weighted by atomic mass is 35.5. The highest BCUT2D eigenvalue weighted by Crippen LogP contribution is 2.39. The number of likely N-dealkylation sites (tertiary alicyclic amines) is 1. The third-order valence-electron chi connectivity index (χ3n) is 6.12. The summed E-state index contributed by atoms with van der Waals surface area (Å²) in [6, 6.07) is 6.20. The van der Waals surface area contributed by atoms with E-state index in [1.165, 1.54) is 16.6 Å². The molecule has 4 rings (SSSR count). The van der Waals surface area contributed by atoms with Crippen molar-refractivity contribution in [3.05, 3.63) is 34.5 Å². The molecule has 2 aliphatic rings. The molecule has 1 atom stereocenters. The molecule has 1 saturated heterocycles. The molecule has 0 spiro atoms. The van der Waals surface area contributed by atoms with Gasteiger partial charge in [0, 0.05) is 47.8 Å². The zero-order valence-corrected chi connectivity index (χ0v) is 18.2. The summed E-state index contributed by atoms with van der Waals surface area (Å²) in [6.07, 6.45) is 1.89. The number of carbonyl (C=O) groups is 1. The van der Waals surface area contributed by atoms with Gasteiger partial charge >= 0.3 is 0 Å². The summed E-state index contributed by atoms with van der Waals surface area (Å²) in [5.41, 5.74) is 3.70. The Kier molecular flexibility index (Phi) is 5.45. The summed E-state index contributed by atoms with van der Waals surface area (Å²) < 4.78 is 0. The van der Waals surface area contributed by atoms with Crippen LogP contribution in [0.1, 0.15) is 51.4 Å². The Labute approximate surface area is 173 Å². The number of amides is 1. The number of aromatic amines is 1. The van der Waals surface area contributed by atoms with Gasteiger partial charge in [-0.1, -0.05) is 39.3 Å². The normalized spacial score (nSPS) is 20.8. The molecule has 0 bridgehead atoms. The van der Waals surface area contributed by atoms with Crippen molar-refractivity contribution in [2.45, 2.75) is 46.6 Å². The van der Waals surface area contributed by atoms with Gasteiger partial charge in [-0.15, -0.1) is 0 Å². The lowest BCUT2D eigenvalue weighted by atomic mass is 9.89. The maximum Gasteiger partial charge on any atom is 0.228 e. The van der Waals surface area contributed by atoms with Crippen LogP contribution in [0.2, 0.25) is 5.02 Å². The number of benzene rings is 1. The van der Waals surface area contributed by atoms with Crippen molar-refractivity contribution < 1.29 is 4.79 Å². The van der Waals surface area contributed by atoms with E-state index in [0.29, 0.717) is 17.7 Å². The third kappa shape index (κ3) is 3.69. The van der Waals surface area contributed by atoms with Crippen LogP contribution in [0, 0.1) is 17.8 Å². The fourth-order valence-corrected chi connectivity index (χ4v) is 5.09. The van der Waals surface area contributed by atoms with Crippen LogP contribution in [0.25, 0.3) is 10.9 Å². The first-order valence-electron chi connectivity index (χ1n) is 10.7. The molecule has 152 valence electrons. The summed E-state index contributed by atoms with van der Waals surface area (Å²) in [6.45, 7) is 12.7. The van der Waals surface area contributed by atoms with Gasteiger partial charge in [0.15, 0.2) is 0 Å². The number of carbonyl (C=O) groups excluding carboxylic acids is 1. The minimum absolute atomic E-state index is 0.140. The SMILES string of the molecule is CC(C)CC1c2[nH]c3ccc(Cl)cc3c2CCN1C(=O)C1CN(CC(C)C)C1. The van der Waals surface area contributed by atoms with E-state index in [-0.39, 0.29) is 12.0 Å². The molecule has 5 heteroatoms. The molecule has 1 amide bonds. The Bertz CT molecular complexity index is 866. The highest BCUT2D eigenvalue weighted by Gasteiger charge is 2.40. The van der Waals surface area contributed by atoms with Gasteiger partial charge in [-0.05, 0) is 48.4 Å².